The van der Waals surface area contributed by atoms with E-state index in [-0.39, 0.29) is 17.6 Å². The van der Waals surface area contributed by atoms with Crippen LogP contribution in [-0.4, -0.2) is 45.3 Å². The van der Waals surface area contributed by atoms with Crippen LogP contribution in [-0.2, 0) is 18.9 Å². The van der Waals surface area contributed by atoms with Crippen molar-refractivity contribution in [1.82, 2.24) is 0 Å². The van der Waals surface area contributed by atoms with Crippen molar-refractivity contribution in [1.29, 1.82) is 0 Å². The van der Waals surface area contributed by atoms with Crippen LogP contribution in [0.5, 0.6) is 0 Å². The molecule has 4 nitrogen and oxygen atoms in total. The first-order valence-electron chi connectivity index (χ1n) is 13.9. The van der Waals surface area contributed by atoms with Crippen molar-refractivity contribution in [3.63, 3.8) is 0 Å². The molecule has 196 valence electrons. The standard InChI is InChI=1S/C29H49BrO4/c1-20(8-6-7-15-30)24-11-12-25-23-10-9-21-16-22(33-18-31-4)17-27(34-19-32-5)29(21,3)26(23)13-14-28(24,25)2/h9,20,22-27H,6-8,10-19H2,1-5H3/t20-,22-,23+,24-,25+,26+,27+,28-,29+/m1/s1. The third-order valence-corrected chi connectivity index (χ3v) is 11.3. The molecule has 0 saturated heterocycles. The van der Waals surface area contributed by atoms with Gasteiger partial charge in [0.05, 0.1) is 12.2 Å². The van der Waals surface area contributed by atoms with Gasteiger partial charge in [0, 0.05) is 31.4 Å². The highest BCUT2D eigenvalue weighted by atomic mass is 79.9. The number of unbranched alkanes of at least 4 members (excludes halogenated alkanes) is 1. The van der Waals surface area contributed by atoms with Gasteiger partial charge in [-0.25, -0.2) is 0 Å². The fourth-order valence-corrected chi connectivity index (χ4v) is 9.47. The molecule has 0 bridgehead atoms. The van der Waals surface area contributed by atoms with Gasteiger partial charge in [-0.2, -0.15) is 0 Å². The van der Waals surface area contributed by atoms with E-state index in [2.05, 4.69) is 42.8 Å². The van der Waals surface area contributed by atoms with Gasteiger partial charge in [0.2, 0.25) is 0 Å². The maximum absolute atomic E-state index is 6.43. The van der Waals surface area contributed by atoms with Crippen molar-refractivity contribution in [2.45, 2.75) is 97.2 Å². The molecule has 0 spiro atoms. The molecule has 0 aromatic carbocycles. The number of fused-ring (bicyclic) bond motifs is 5. The number of ether oxygens (including phenoxy) is 4. The van der Waals surface area contributed by atoms with Crippen molar-refractivity contribution in [3.05, 3.63) is 11.6 Å². The molecule has 0 N–H and O–H groups in total. The number of alkyl halides is 1. The van der Waals surface area contributed by atoms with Crippen LogP contribution < -0.4 is 0 Å². The Morgan fingerprint density at radius 1 is 1.03 bits per heavy atom. The molecule has 3 fully saturated rings. The molecule has 0 aromatic rings. The maximum Gasteiger partial charge on any atom is 0.146 e. The lowest BCUT2D eigenvalue weighted by molar-refractivity contribution is -0.179. The maximum atomic E-state index is 6.43. The molecule has 4 aliphatic rings. The van der Waals surface area contributed by atoms with Gasteiger partial charge in [-0.1, -0.05) is 61.2 Å². The number of hydrogen-bond donors (Lipinski definition) is 0. The van der Waals surface area contributed by atoms with Crippen LogP contribution in [0.1, 0.15) is 85.0 Å². The molecule has 0 aliphatic heterocycles. The molecule has 0 heterocycles. The molecule has 5 heteroatoms. The smallest absolute Gasteiger partial charge is 0.146 e. The average Bonchev–Trinajstić information content (AvgIpc) is 3.19. The van der Waals surface area contributed by atoms with Crippen molar-refractivity contribution in [3.8, 4) is 0 Å². The van der Waals surface area contributed by atoms with Crippen molar-refractivity contribution >= 4 is 15.9 Å². The van der Waals surface area contributed by atoms with E-state index >= 15 is 0 Å². The first kappa shape index (κ1) is 27.1. The van der Waals surface area contributed by atoms with E-state index in [0.29, 0.717) is 24.9 Å². The van der Waals surface area contributed by atoms with Gasteiger partial charge in [0.1, 0.15) is 13.6 Å². The summed E-state index contributed by atoms with van der Waals surface area (Å²) >= 11 is 3.62. The Bertz CT molecular complexity index is 698. The van der Waals surface area contributed by atoms with E-state index in [9.17, 15) is 0 Å². The topological polar surface area (TPSA) is 36.9 Å². The molecular formula is C29H49BrO4. The molecule has 0 unspecified atom stereocenters. The summed E-state index contributed by atoms with van der Waals surface area (Å²) in [5.41, 5.74) is 2.18. The van der Waals surface area contributed by atoms with Crippen LogP contribution in [0.2, 0.25) is 0 Å². The second kappa shape index (κ2) is 11.6. The highest BCUT2D eigenvalue weighted by Crippen LogP contribution is 2.67. The van der Waals surface area contributed by atoms with Crippen LogP contribution in [0, 0.1) is 40.4 Å². The largest absolute Gasteiger partial charge is 0.359 e. The number of halogens is 1. The predicted molar refractivity (Wildman–Crippen MR) is 141 cm³/mol. The third-order valence-electron chi connectivity index (χ3n) is 10.7. The molecule has 0 radical (unpaired) electrons. The third kappa shape index (κ3) is 4.95. The normalized spacial score (nSPS) is 42.5. The van der Waals surface area contributed by atoms with Gasteiger partial charge in [0.25, 0.3) is 0 Å². The van der Waals surface area contributed by atoms with Crippen LogP contribution in [0.3, 0.4) is 0 Å². The van der Waals surface area contributed by atoms with Gasteiger partial charge in [-0.15, -0.1) is 0 Å². The lowest BCUT2D eigenvalue weighted by atomic mass is 9.46. The van der Waals surface area contributed by atoms with E-state index in [1.165, 1.54) is 51.4 Å². The summed E-state index contributed by atoms with van der Waals surface area (Å²) in [6.07, 6.45) is 15.8. The Labute approximate surface area is 217 Å². The van der Waals surface area contributed by atoms with E-state index in [4.69, 9.17) is 18.9 Å². The monoisotopic (exact) mass is 540 g/mol. The summed E-state index contributed by atoms with van der Waals surface area (Å²) in [6, 6.07) is 0. The Hall–Kier alpha value is 0.0600. The zero-order valence-corrected chi connectivity index (χ0v) is 23.9. The molecule has 4 aliphatic carbocycles. The minimum atomic E-state index is 0.0925. The molecule has 9 atom stereocenters. The quantitative estimate of drug-likeness (QED) is 0.119. The van der Waals surface area contributed by atoms with Crippen LogP contribution >= 0.6 is 15.9 Å². The van der Waals surface area contributed by atoms with E-state index in [1.807, 2.05) is 0 Å². The molecule has 0 amide bonds. The summed E-state index contributed by atoms with van der Waals surface area (Å²) in [5.74, 6) is 4.10. The fourth-order valence-electron chi connectivity index (χ4n) is 9.08. The number of rotatable bonds is 11. The molecule has 34 heavy (non-hydrogen) atoms. The zero-order chi connectivity index (χ0) is 24.3. The summed E-state index contributed by atoms with van der Waals surface area (Å²) in [7, 11) is 3.43. The minimum Gasteiger partial charge on any atom is -0.359 e. The Kier molecular flexibility index (Phi) is 9.27. The second-order valence-electron chi connectivity index (χ2n) is 12.2. The predicted octanol–water partition coefficient (Wildman–Crippen LogP) is 7.35. The fraction of sp³-hybridized carbons (Fsp3) is 0.931. The van der Waals surface area contributed by atoms with Crippen molar-refractivity contribution in [2.24, 2.45) is 40.4 Å². The Morgan fingerprint density at radius 3 is 2.53 bits per heavy atom. The Balaban J connectivity index is 1.54. The molecule has 0 aromatic heterocycles. The first-order valence-corrected chi connectivity index (χ1v) is 15.0. The SMILES string of the molecule is COCO[C@@H]1CC2=CC[C@H]3[C@@H]4CC[C@H]([C@H](C)CCCCBr)[C@@]4(C)CC[C@@H]3[C@@]2(C)[C@@H](OCOC)C1. The highest BCUT2D eigenvalue weighted by molar-refractivity contribution is 9.09. The summed E-state index contributed by atoms with van der Waals surface area (Å²) in [6.45, 7) is 8.45. The molecular weight excluding hydrogens is 492 g/mol. The van der Waals surface area contributed by atoms with E-state index < -0.39 is 0 Å². The van der Waals surface area contributed by atoms with Crippen molar-refractivity contribution in [2.75, 3.05) is 33.1 Å². The molecule has 4 rings (SSSR count). The Morgan fingerprint density at radius 2 is 1.79 bits per heavy atom. The van der Waals surface area contributed by atoms with Gasteiger partial charge in [0.15, 0.2) is 0 Å². The number of hydrogen-bond acceptors (Lipinski definition) is 4. The van der Waals surface area contributed by atoms with Crippen LogP contribution in [0.15, 0.2) is 11.6 Å². The number of allylic oxidation sites excluding steroid dienone is 1. The van der Waals surface area contributed by atoms with Crippen LogP contribution in [0.25, 0.3) is 0 Å². The van der Waals surface area contributed by atoms with Gasteiger partial charge in [-0.05, 0) is 80.0 Å². The summed E-state index contributed by atoms with van der Waals surface area (Å²) < 4.78 is 23.1. The van der Waals surface area contributed by atoms with Gasteiger partial charge in [-0.3, -0.25) is 0 Å². The van der Waals surface area contributed by atoms with Gasteiger partial charge < -0.3 is 18.9 Å². The lowest BCUT2D eigenvalue weighted by Crippen LogP contribution is -2.56. The highest BCUT2D eigenvalue weighted by Gasteiger charge is 2.61. The minimum absolute atomic E-state index is 0.0925. The summed E-state index contributed by atoms with van der Waals surface area (Å²) in [4.78, 5) is 0. The van der Waals surface area contributed by atoms with E-state index in [0.717, 1.165) is 41.8 Å². The second-order valence-corrected chi connectivity index (χ2v) is 13.0. The zero-order valence-electron chi connectivity index (χ0n) is 22.3. The lowest BCUT2D eigenvalue weighted by Gasteiger charge is -2.60. The van der Waals surface area contributed by atoms with Crippen molar-refractivity contribution < 1.29 is 18.9 Å². The summed E-state index contributed by atoms with van der Waals surface area (Å²) in [5, 5.41) is 1.14. The van der Waals surface area contributed by atoms with Gasteiger partial charge >= 0.3 is 0 Å². The number of methoxy groups -OCH3 is 2. The van der Waals surface area contributed by atoms with E-state index in [1.54, 1.807) is 19.8 Å². The molecule has 3 saturated carbocycles. The first-order chi connectivity index (χ1) is 16.4. The van der Waals surface area contributed by atoms with Crippen LogP contribution in [0.4, 0.5) is 0 Å². The average molecular weight is 542 g/mol.